The maximum Gasteiger partial charge on any atom is 0.305 e. The van der Waals surface area contributed by atoms with Crippen molar-refractivity contribution >= 4 is 34.1 Å². The standard InChI is InChI=1S/C31H30N2O4S/c1-22-10-3-4-11-23(22)17-19-33(20-18-29(34)35)31(37)27-15-8-6-13-25(27)24-12-5-7-14-26(24)30(36)32(2)28-16-9-21-38-28/h3-16,21H,17-20H2,1-2H3,(H,34,35). The molecule has 0 saturated heterocycles. The van der Waals surface area contributed by atoms with Crippen molar-refractivity contribution in [3.63, 3.8) is 0 Å². The van der Waals surface area contributed by atoms with Crippen molar-refractivity contribution in [2.24, 2.45) is 0 Å². The summed E-state index contributed by atoms with van der Waals surface area (Å²) in [6.07, 6.45) is 0.462. The summed E-state index contributed by atoms with van der Waals surface area (Å²) < 4.78 is 0. The topological polar surface area (TPSA) is 77.9 Å². The van der Waals surface area contributed by atoms with Crippen LogP contribution in [-0.4, -0.2) is 47.9 Å². The van der Waals surface area contributed by atoms with Crippen molar-refractivity contribution in [1.82, 2.24) is 4.90 Å². The van der Waals surface area contributed by atoms with Crippen LogP contribution in [0.5, 0.6) is 0 Å². The number of aliphatic carboxylic acids is 1. The second-order valence-electron chi connectivity index (χ2n) is 9.02. The van der Waals surface area contributed by atoms with Gasteiger partial charge in [-0.2, -0.15) is 0 Å². The molecule has 3 aromatic carbocycles. The van der Waals surface area contributed by atoms with Crippen LogP contribution >= 0.6 is 11.3 Å². The van der Waals surface area contributed by atoms with Crippen molar-refractivity contribution < 1.29 is 19.5 Å². The summed E-state index contributed by atoms with van der Waals surface area (Å²) in [5.74, 6) is -1.39. The first-order chi connectivity index (χ1) is 18.4. The van der Waals surface area contributed by atoms with E-state index in [9.17, 15) is 19.5 Å². The maximum absolute atomic E-state index is 13.9. The van der Waals surface area contributed by atoms with Gasteiger partial charge in [-0.25, -0.2) is 0 Å². The fourth-order valence-corrected chi connectivity index (χ4v) is 5.11. The highest BCUT2D eigenvalue weighted by atomic mass is 32.1. The number of carbonyl (C=O) groups excluding carboxylic acids is 2. The number of hydrogen-bond acceptors (Lipinski definition) is 4. The zero-order valence-electron chi connectivity index (χ0n) is 21.5. The minimum Gasteiger partial charge on any atom is -0.481 e. The SMILES string of the molecule is Cc1ccccc1CCN(CCC(=O)O)C(=O)c1ccccc1-c1ccccc1C(=O)N(C)c1cccs1. The second kappa shape index (κ2) is 12.3. The average molecular weight is 527 g/mol. The number of anilines is 1. The molecule has 0 radical (unpaired) electrons. The predicted molar refractivity (Wildman–Crippen MR) is 152 cm³/mol. The minimum absolute atomic E-state index is 0.0933. The highest BCUT2D eigenvalue weighted by Crippen LogP contribution is 2.31. The number of carboxylic acids is 1. The number of aryl methyl sites for hydroxylation is 1. The van der Waals surface area contributed by atoms with Crippen LogP contribution in [0.2, 0.25) is 0 Å². The fourth-order valence-electron chi connectivity index (χ4n) is 4.41. The molecule has 0 atom stereocenters. The van der Waals surface area contributed by atoms with E-state index in [-0.39, 0.29) is 24.8 Å². The molecule has 1 heterocycles. The Labute approximate surface area is 226 Å². The highest BCUT2D eigenvalue weighted by Gasteiger charge is 2.24. The Morgan fingerprint density at radius 1 is 0.763 bits per heavy atom. The number of amides is 2. The quantitative estimate of drug-likeness (QED) is 0.268. The van der Waals surface area contributed by atoms with Crippen molar-refractivity contribution in [2.75, 3.05) is 25.0 Å². The molecule has 1 N–H and O–H groups in total. The first-order valence-corrected chi connectivity index (χ1v) is 13.3. The highest BCUT2D eigenvalue weighted by molar-refractivity contribution is 7.14. The Hall–Kier alpha value is -4.23. The van der Waals surface area contributed by atoms with Gasteiger partial charge in [-0.1, -0.05) is 60.7 Å². The van der Waals surface area contributed by atoms with Crippen LogP contribution in [0.15, 0.2) is 90.3 Å². The van der Waals surface area contributed by atoms with Gasteiger partial charge in [0.25, 0.3) is 11.8 Å². The van der Waals surface area contributed by atoms with Crippen LogP contribution in [0.3, 0.4) is 0 Å². The van der Waals surface area contributed by atoms with Gasteiger partial charge in [0.15, 0.2) is 0 Å². The predicted octanol–water partition coefficient (Wildman–Crippen LogP) is 6.16. The molecule has 0 bridgehead atoms. The molecule has 0 aliphatic carbocycles. The van der Waals surface area contributed by atoms with Gasteiger partial charge in [-0.3, -0.25) is 14.4 Å². The molecule has 194 valence electrons. The van der Waals surface area contributed by atoms with E-state index in [1.165, 1.54) is 11.3 Å². The van der Waals surface area contributed by atoms with Gasteiger partial charge in [0.05, 0.1) is 11.4 Å². The Morgan fingerprint density at radius 3 is 1.97 bits per heavy atom. The van der Waals surface area contributed by atoms with Crippen LogP contribution in [0.25, 0.3) is 11.1 Å². The van der Waals surface area contributed by atoms with E-state index in [0.29, 0.717) is 35.2 Å². The van der Waals surface area contributed by atoms with E-state index in [1.807, 2.05) is 79.0 Å². The first-order valence-electron chi connectivity index (χ1n) is 12.4. The molecular weight excluding hydrogens is 496 g/mol. The summed E-state index contributed by atoms with van der Waals surface area (Å²) in [5.41, 5.74) is 4.45. The van der Waals surface area contributed by atoms with Crippen LogP contribution in [0.4, 0.5) is 5.00 Å². The third kappa shape index (κ3) is 6.18. The minimum atomic E-state index is -0.959. The third-order valence-corrected chi connectivity index (χ3v) is 7.49. The molecule has 0 fully saturated rings. The number of hydrogen-bond donors (Lipinski definition) is 1. The monoisotopic (exact) mass is 526 g/mol. The number of carbonyl (C=O) groups is 3. The lowest BCUT2D eigenvalue weighted by Crippen LogP contribution is -2.35. The van der Waals surface area contributed by atoms with Crippen molar-refractivity contribution in [2.45, 2.75) is 19.8 Å². The summed E-state index contributed by atoms with van der Waals surface area (Å²) in [6, 6.07) is 26.2. The molecule has 0 unspecified atom stereocenters. The van der Waals surface area contributed by atoms with Gasteiger partial charge in [-0.05, 0) is 65.2 Å². The Bertz CT molecular complexity index is 1430. The lowest BCUT2D eigenvalue weighted by atomic mass is 9.94. The molecule has 0 saturated carbocycles. The Kier molecular flexibility index (Phi) is 8.71. The van der Waals surface area contributed by atoms with Gasteiger partial charge in [-0.15, -0.1) is 11.3 Å². The van der Waals surface area contributed by atoms with Crippen LogP contribution in [0.1, 0.15) is 38.3 Å². The average Bonchev–Trinajstić information content (AvgIpc) is 3.48. The molecule has 1 aromatic heterocycles. The largest absolute Gasteiger partial charge is 0.481 e. The molecule has 7 heteroatoms. The molecule has 6 nitrogen and oxygen atoms in total. The van der Waals surface area contributed by atoms with Crippen molar-refractivity contribution in [1.29, 1.82) is 0 Å². The van der Waals surface area contributed by atoms with E-state index < -0.39 is 5.97 Å². The summed E-state index contributed by atoms with van der Waals surface area (Å²) in [6.45, 7) is 2.50. The number of nitrogens with zero attached hydrogens (tertiary/aromatic N) is 2. The lowest BCUT2D eigenvalue weighted by molar-refractivity contribution is -0.137. The van der Waals surface area contributed by atoms with Gasteiger partial charge >= 0.3 is 5.97 Å². The van der Waals surface area contributed by atoms with Gasteiger partial charge in [0.1, 0.15) is 0 Å². The van der Waals surface area contributed by atoms with Crippen molar-refractivity contribution in [3.05, 3.63) is 113 Å². The number of carboxylic acid groups (broad SMARTS) is 1. The third-order valence-electron chi connectivity index (χ3n) is 6.54. The van der Waals surface area contributed by atoms with Crippen LogP contribution in [0, 0.1) is 6.92 Å². The summed E-state index contributed by atoms with van der Waals surface area (Å²) in [7, 11) is 1.74. The van der Waals surface area contributed by atoms with Gasteiger partial charge in [0, 0.05) is 31.3 Å². The number of rotatable bonds is 10. The van der Waals surface area contributed by atoms with Crippen LogP contribution in [-0.2, 0) is 11.2 Å². The number of thiophene rings is 1. The zero-order chi connectivity index (χ0) is 27.1. The first kappa shape index (κ1) is 26.8. The molecule has 4 aromatic rings. The van der Waals surface area contributed by atoms with E-state index in [4.69, 9.17) is 0 Å². The summed E-state index contributed by atoms with van der Waals surface area (Å²) >= 11 is 1.48. The molecule has 0 aliphatic rings. The van der Waals surface area contributed by atoms with Gasteiger partial charge < -0.3 is 14.9 Å². The summed E-state index contributed by atoms with van der Waals surface area (Å²) in [4.78, 5) is 42.0. The zero-order valence-corrected chi connectivity index (χ0v) is 22.3. The number of benzene rings is 3. The van der Waals surface area contributed by atoms with E-state index in [2.05, 4.69) is 0 Å². The summed E-state index contributed by atoms with van der Waals surface area (Å²) in [5, 5.41) is 12.1. The molecule has 38 heavy (non-hydrogen) atoms. The Balaban J connectivity index is 1.68. The maximum atomic E-state index is 13.9. The molecule has 0 spiro atoms. The molecule has 2 amide bonds. The van der Waals surface area contributed by atoms with Crippen molar-refractivity contribution in [3.8, 4) is 11.1 Å². The van der Waals surface area contributed by atoms with E-state index in [0.717, 1.165) is 16.1 Å². The lowest BCUT2D eigenvalue weighted by Gasteiger charge is -2.24. The molecule has 4 rings (SSSR count). The molecular formula is C31H30N2O4S. The normalized spacial score (nSPS) is 10.7. The van der Waals surface area contributed by atoms with Gasteiger partial charge in [0.2, 0.25) is 0 Å². The Morgan fingerprint density at radius 2 is 1.37 bits per heavy atom. The smallest absolute Gasteiger partial charge is 0.305 e. The fraction of sp³-hybridized carbons (Fsp3) is 0.194. The molecule has 0 aliphatic heterocycles. The van der Waals surface area contributed by atoms with E-state index >= 15 is 0 Å². The second-order valence-corrected chi connectivity index (χ2v) is 9.95. The van der Waals surface area contributed by atoms with Crippen LogP contribution < -0.4 is 4.90 Å². The van der Waals surface area contributed by atoms with E-state index in [1.54, 1.807) is 35.0 Å².